The zero-order chi connectivity index (χ0) is 9.84. The smallest absolute Gasteiger partial charge is 0.145 e. The molecule has 70 valence electrons. The lowest BCUT2D eigenvalue weighted by Crippen LogP contribution is -1.91. The molecule has 0 heterocycles. The third kappa shape index (κ3) is 2.49. The van der Waals surface area contributed by atoms with Crippen molar-refractivity contribution in [3.63, 3.8) is 0 Å². The fourth-order valence-corrected chi connectivity index (χ4v) is 1.09. The van der Waals surface area contributed by atoms with E-state index in [-0.39, 0.29) is 6.42 Å². The SMILES string of the molecule is O=CCCc1cc(F)c(Cl)c(F)c1. The summed E-state index contributed by atoms with van der Waals surface area (Å²) >= 11 is 5.26. The Balaban J connectivity index is 2.92. The van der Waals surface area contributed by atoms with Crippen LogP contribution in [0, 0.1) is 11.6 Å². The average Bonchev–Trinajstić information content (AvgIpc) is 2.10. The normalized spacial score (nSPS) is 10.1. The van der Waals surface area contributed by atoms with Gasteiger partial charge < -0.3 is 4.79 Å². The van der Waals surface area contributed by atoms with Crippen LogP contribution in [0.25, 0.3) is 0 Å². The van der Waals surface area contributed by atoms with Gasteiger partial charge in [0.05, 0.1) is 0 Å². The number of aldehydes is 1. The number of carbonyl (C=O) groups excluding carboxylic acids is 1. The maximum absolute atomic E-state index is 12.8. The van der Waals surface area contributed by atoms with Gasteiger partial charge >= 0.3 is 0 Å². The van der Waals surface area contributed by atoms with Crippen LogP contribution in [0.4, 0.5) is 8.78 Å². The van der Waals surface area contributed by atoms with Crippen molar-refractivity contribution in [3.05, 3.63) is 34.4 Å². The Labute approximate surface area is 79.3 Å². The molecule has 0 N–H and O–H groups in total. The molecule has 1 aromatic rings. The highest BCUT2D eigenvalue weighted by Gasteiger charge is 2.07. The summed E-state index contributed by atoms with van der Waals surface area (Å²) in [4.78, 5) is 10.0. The third-order valence-corrected chi connectivity index (χ3v) is 1.96. The van der Waals surface area contributed by atoms with Crippen molar-refractivity contribution in [2.45, 2.75) is 12.8 Å². The van der Waals surface area contributed by atoms with Crippen LogP contribution >= 0.6 is 11.6 Å². The van der Waals surface area contributed by atoms with Gasteiger partial charge in [0.2, 0.25) is 0 Å². The Bertz CT molecular complexity index is 302. The van der Waals surface area contributed by atoms with Crippen LogP contribution in [0.5, 0.6) is 0 Å². The minimum absolute atomic E-state index is 0.251. The molecule has 0 aliphatic heterocycles. The van der Waals surface area contributed by atoms with Crippen molar-refractivity contribution in [2.24, 2.45) is 0 Å². The van der Waals surface area contributed by atoms with Gasteiger partial charge in [-0.15, -0.1) is 0 Å². The van der Waals surface area contributed by atoms with Crippen LogP contribution in [0.2, 0.25) is 5.02 Å². The van der Waals surface area contributed by atoms with Gasteiger partial charge in [0.1, 0.15) is 22.9 Å². The van der Waals surface area contributed by atoms with Crippen molar-refractivity contribution in [3.8, 4) is 0 Å². The molecule has 0 spiro atoms. The largest absolute Gasteiger partial charge is 0.303 e. The van der Waals surface area contributed by atoms with E-state index in [1.807, 2.05) is 0 Å². The number of benzene rings is 1. The second kappa shape index (κ2) is 4.33. The Morgan fingerprint density at radius 2 is 1.85 bits per heavy atom. The molecule has 0 bridgehead atoms. The molecule has 1 rings (SSSR count). The average molecular weight is 205 g/mol. The topological polar surface area (TPSA) is 17.1 Å². The molecular formula is C9H7ClF2O. The minimum atomic E-state index is -0.789. The van der Waals surface area contributed by atoms with Crippen LogP contribution in [-0.4, -0.2) is 6.29 Å². The van der Waals surface area contributed by atoms with Crippen LogP contribution in [0.1, 0.15) is 12.0 Å². The summed E-state index contributed by atoms with van der Waals surface area (Å²) in [6, 6.07) is 2.27. The molecule has 0 radical (unpaired) electrons. The summed E-state index contributed by atoms with van der Waals surface area (Å²) in [5.74, 6) is -1.58. The van der Waals surface area contributed by atoms with Crippen molar-refractivity contribution in [2.75, 3.05) is 0 Å². The van der Waals surface area contributed by atoms with Gasteiger partial charge in [-0.3, -0.25) is 0 Å². The lowest BCUT2D eigenvalue weighted by molar-refractivity contribution is -0.107. The van der Waals surface area contributed by atoms with Crippen molar-refractivity contribution in [1.29, 1.82) is 0 Å². The maximum atomic E-state index is 12.8. The van der Waals surface area contributed by atoms with E-state index in [0.29, 0.717) is 18.3 Å². The molecule has 0 aliphatic carbocycles. The first-order valence-electron chi connectivity index (χ1n) is 3.72. The monoisotopic (exact) mass is 204 g/mol. The predicted octanol–water partition coefficient (Wildman–Crippen LogP) is 2.75. The first-order chi connectivity index (χ1) is 6.15. The first-order valence-corrected chi connectivity index (χ1v) is 4.10. The molecule has 4 heteroatoms. The summed E-state index contributed by atoms with van der Waals surface area (Å²) in [6.07, 6.45) is 1.28. The lowest BCUT2D eigenvalue weighted by Gasteiger charge is -2.01. The van der Waals surface area contributed by atoms with Gasteiger partial charge in [-0.1, -0.05) is 11.6 Å². The van der Waals surface area contributed by atoms with Gasteiger partial charge in [-0.2, -0.15) is 0 Å². The summed E-state index contributed by atoms with van der Waals surface area (Å²) in [5.41, 5.74) is 0.437. The predicted molar refractivity (Wildman–Crippen MR) is 45.8 cm³/mol. The number of carbonyl (C=O) groups is 1. The van der Waals surface area contributed by atoms with Gasteiger partial charge in [0.25, 0.3) is 0 Å². The maximum Gasteiger partial charge on any atom is 0.145 e. The van der Waals surface area contributed by atoms with Gasteiger partial charge in [-0.05, 0) is 24.1 Å². The quantitative estimate of drug-likeness (QED) is 0.547. The van der Waals surface area contributed by atoms with E-state index in [9.17, 15) is 13.6 Å². The third-order valence-electron chi connectivity index (χ3n) is 1.59. The summed E-state index contributed by atoms with van der Waals surface area (Å²) in [5, 5.41) is -0.505. The van der Waals surface area contributed by atoms with E-state index >= 15 is 0 Å². The Morgan fingerprint density at radius 3 is 2.31 bits per heavy atom. The summed E-state index contributed by atoms with van der Waals surface area (Å²) in [7, 11) is 0. The molecule has 1 nitrogen and oxygen atoms in total. The fourth-order valence-electron chi connectivity index (χ4n) is 0.978. The molecule has 0 aliphatic rings. The molecule has 13 heavy (non-hydrogen) atoms. The molecular weight excluding hydrogens is 198 g/mol. The minimum Gasteiger partial charge on any atom is -0.303 e. The number of aryl methyl sites for hydroxylation is 1. The Kier molecular flexibility index (Phi) is 3.37. The van der Waals surface area contributed by atoms with Crippen LogP contribution < -0.4 is 0 Å². The fraction of sp³-hybridized carbons (Fsp3) is 0.222. The van der Waals surface area contributed by atoms with Crippen molar-refractivity contribution in [1.82, 2.24) is 0 Å². The molecule has 0 saturated heterocycles. The van der Waals surface area contributed by atoms with Crippen LogP contribution in [0.3, 0.4) is 0 Å². The Hall–Kier alpha value is -0.960. The van der Waals surface area contributed by atoms with E-state index in [1.165, 1.54) is 0 Å². The number of hydrogen-bond donors (Lipinski definition) is 0. The van der Waals surface area contributed by atoms with E-state index < -0.39 is 16.7 Å². The van der Waals surface area contributed by atoms with E-state index in [1.54, 1.807) is 0 Å². The van der Waals surface area contributed by atoms with E-state index in [2.05, 4.69) is 0 Å². The molecule has 0 aromatic heterocycles. The molecule has 0 fully saturated rings. The molecule has 0 saturated carbocycles. The second-order valence-electron chi connectivity index (χ2n) is 2.58. The van der Waals surface area contributed by atoms with Crippen molar-refractivity contribution < 1.29 is 13.6 Å². The molecule has 1 aromatic carbocycles. The van der Waals surface area contributed by atoms with Crippen molar-refractivity contribution >= 4 is 17.9 Å². The highest BCUT2D eigenvalue weighted by atomic mass is 35.5. The molecule has 0 amide bonds. The lowest BCUT2D eigenvalue weighted by atomic mass is 10.1. The van der Waals surface area contributed by atoms with Crippen LogP contribution in [0.15, 0.2) is 12.1 Å². The first kappa shape index (κ1) is 10.1. The zero-order valence-corrected chi connectivity index (χ0v) is 7.44. The standard InChI is InChI=1S/C9H7ClF2O/c10-9-7(11)4-6(2-1-3-13)5-8(9)12/h3-5H,1-2H2. The second-order valence-corrected chi connectivity index (χ2v) is 2.96. The molecule has 0 unspecified atom stereocenters. The number of halogens is 3. The summed E-state index contributed by atoms with van der Waals surface area (Å²) in [6.45, 7) is 0. The number of rotatable bonds is 3. The zero-order valence-electron chi connectivity index (χ0n) is 6.69. The Morgan fingerprint density at radius 1 is 1.31 bits per heavy atom. The highest BCUT2D eigenvalue weighted by molar-refractivity contribution is 6.30. The van der Waals surface area contributed by atoms with E-state index in [0.717, 1.165) is 12.1 Å². The number of hydrogen-bond acceptors (Lipinski definition) is 1. The van der Waals surface area contributed by atoms with E-state index in [4.69, 9.17) is 11.6 Å². The van der Waals surface area contributed by atoms with Gasteiger partial charge in [0.15, 0.2) is 0 Å². The summed E-state index contributed by atoms with van der Waals surface area (Å²) < 4.78 is 25.6. The van der Waals surface area contributed by atoms with Gasteiger partial charge in [0, 0.05) is 6.42 Å². The van der Waals surface area contributed by atoms with Crippen LogP contribution in [-0.2, 0) is 11.2 Å². The highest BCUT2D eigenvalue weighted by Crippen LogP contribution is 2.20. The molecule has 0 atom stereocenters. The van der Waals surface area contributed by atoms with Gasteiger partial charge in [-0.25, -0.2) is 8.78 Å².